The Labute approximate surface area is 732 Å². The molecule has 4 saturated heterocycles. The number of thioether (sulfide) groups is 4. The molecule has 12 aromatic rings. The number of halogens is 4. The van der Waals surface area contributed by atoms with E-state index in [-0.39, 0.29) is 78.6 Å². The number of rotatable bonds is 19. The van der Waals surface area contributed by atoms with Gasteiger partial charge >= 0.3 is 0 Å². The first-order valence-electron chi connectivity index (χ1n) is 41.7. The van der Waals surface area contributed by atoms with Crippen LogP contribution in [0.25, 0.3) is 89.2 Å². The molecule has 0 unspecified atom stereocenters. The monoisotopic (exact) mass is 1740 g/mol. The zero-order chi connectivity index (χ0) is 87.0. The molecule has 0 amide bonds. The van der Waals surface area contributed by atoms with Crippen LogP contribution < -0.4 is 19.6 Å². The quantitative estimate of drug-likeness (QED) is 0.0542. The standard InChI is InChI=1S/C25H28FN3O2S.C24H26FN3O2S.2C23H24FN3O2S/c1-16-14-31-12-11-29(16)23-22(17-5-8-19(26)9-6-17)27-20-10-7-18(13-21(20)28-23)24(30)32-15-25(2,3)4;1-3-4-13-31-24(29)18-7-10-20-21(14-18)27-23(28-11-12-30-15-16(28)2)22(26-20)17-5-8-19(25)9-6-17;1-14(2)30-23(28)17-6-9-19-20(12-17)26-22(27-10-11-29-13-15(27)3)21(25-19)16-4-7-18(24)8-5-16;1-3-12-30-23(28)17-6-9-19-20(13-17)26-22(27-10-11-29-14-15(27)2)21(25-19)16-4-7-18(24)8-5-16/h5-10,13,16H,11-12,14-15H2,1-4H3;5-10,14,16H,3-4,11-13,15H2,1-2H3;4-9,12,14-15H,10-11,13H2,1-3H3;4-9,13,15H,3,10-12,14H2,1-2H3/t2*16-;2*15-/m0000/s1. The fourth-order valence-corrected chi connectivity index (χ4v) is 17.3. The minimum atomic E-state index is -0.292. The molecule has 4 fully saturated rings. The summed E-state index contributed by atoms with van der Waals surface area (Å²) >= 11 is 5.30. The van der Waals surface area contributed by atoms with Gasteiger partial charge in [0.2, 0.25) is 20.5 Å². The fourth-order valence-electron chi connectivity index (χ4n) is 14.2. The maximum atomic E-state index is 13.5. The minimum absolute atomic E-state index is 0.0256. The Hall–Kier alpha value is -10.0. The highest BCUT2D eigenvalue weighted by molar-refractivity contribution is 8.15. The number of nitrogens with zero attached hydrogens (tertiary/aromatic N) is 12. The van der Waals surface area contributed by atoms with Crippen LogP contribution >= 0.6 is 47.0 Å². The lowest BCUT2D eigenvalue weighted by molar-refractivity contribution is 0.0985. The van der Waals surface area contributed by atoms with Crippen LogP contribution in [-0.4, -0.2) is 186 Å². The highest BCUT2D eigenvalue weighted by atomic mass is 32.2. The van der Waals surface area contributed by atoms with E-state index in [1.165, 1.54) is 95.6 Å². The predicted octanol–water partition coefficient (Wildman–Crippen LogP) is 20.8. The lowest BCUT2D eigenvalue weighted by Gasteiger charge is -2.35. The molecule has 0 aliphatic carbocycles. The van der Waals surface area contributed by atoms with Gasteiger partial charge in [-0.1, -0.05) is 102 Å². The number of fused-ring (bicyclic) bond motifs is 4. The highest BCUT2D eigenvalue weighted by Crippen LogP contribution is 2.39. The first kappa shape index (κ1) is 90.7. The average molecular weight is 1740 g/mol. The summed E-state index contributed by atoms with van der Waals surface area (Å²) in [5, 5.41) is 0.375. The second kappa shape index (κ2) is 42.1. The number of unbranched alkanes of at least 4 members (excludes halogenated alkanes) is 1. The fraction of sp³-hybridized carbons (Fsp3) is 0.368. The Kier molecular flexibility index (Phi) is 31.0. The summed E-state index contributed by atoms with van der Waals surface area (Å²) < 4.78 is 76.4. The highest BCUT2D eigenvalue weighted by Gasteiger charge is 2.31. The maximum absolute atomic E-state index is 13.5. The van der Waals surface area contributed by atoms with Crippen LogP contribution in [0, 0.1) is 28.7 Å². The minimum Gasteiger partial charge on any atom is -0.377 e. The van der Waals surface area contributed by atoms with Gasteiger partial charge in [0.25, 0.3) is 0 Å². The van der Waals surface area contributed by atoms with Crippen molar-refractivity contribution >= 4 is 135 Å². The summed E-state index contributed by atoms with van der Waals surface area (Å²) in [6, 6.07) is 47.6. The average Bonchev–Trinajstić information content (AvgIpc) is 0.785. The molecule has 16 rings (SSSR count). The molecule has 4 atom stereocenters. The van der Waals surface area contributed by atoms with Crippen LogP contribution in [0.15, 0.2) is 170 Å². The number of morpholine rings is 4. The van der Waals surface area contributed by atoms with Gasteiger partial charge < -0.3 is 38.5 Å². The Morgan fingerprint density at radius 1 is 0.366 bits per heavy atom. The Balaban J connectivity index is 0.000000141. The largest absolute Gasteiger partial charge is 0.377 e. The molecule has 4 aliphatic rings. The van der Waals surface area contributed by atoms with Crippen molar-refractivity contribution in [1.29, 1.82) is 0 Å². The molecule has 4 aliphatic heterocycles. The van der Waals surface area contributed by atoms with Crippen molar-refractivity contribution in [2.45, 2.75) is 125 Å². The number of ether oxygens (including phenoxy) is 4. The van der Waals surface area contributed by atoms with Crippen molar-refractivity contribution < 1.29 is 55.7 Å². The van der Waals surface area contributed by atoms with Crippen molar-refractivity contribution in [3.8, 4) is 45.0 Å². The van der Waals surface area contributed by atoms with Gasteiger partial charge in [0.15, 0.2) is 23.3 Å². The summed E-state index contributed by atoms with van der Waals surface area (Å²) in [5.74, 6) is 4.12. The lowest BCUT2D eigenvalue weighted by Crippen LogP contribution is -2.44. The van der Waals surface area contributed by atoms with E-state index in [4.69, 9.17) is 58.8 Å². The Morgan fingerprint density at radius 2 is 0.634 bits per heavy atom. The smallest absolute Gasteiger partial charge is 0.219 e. The van der Waals surface area contributed by atoms with E-state index in [0.717, 1.165) is 82.0 Å². The maximum Gasteiger partial charge on any atom is 0.219 e. The zero-order valence-corrected chi connectivity index (χ0v) is 74.3. The van der Waals surface area contributed by atoms with Crippen molar-refractivity contribution in [2.24, 2.45) is 5.41 Å². The number of hydrogen-bond donors (Lipinski definition) is 0. The summed E-state index contributed by atoms with van der Waals surface area (Å²) in [5.41, 5.74) is 14.1. The molecule has 8 aromatic carbocycles. The molecule has 28 heteroatoms. The number of hydrogen-bond acceptors (Lipinski definition) is 24. The number of benzene rings is 8. The van der Waals surface area contributed by atoms with Gasteiger partial charge in [0, 0.05) is 93.2 Å². The van der Waals surface area contributed by atoms with Crippen molar-refractivity contribution in [3.05, 3.63) is 215 Å². The van der Waals surface area contributed by atoms with Crippen molar-refractivity contribution in [3.63, 3.8) is 0 Å². The third-order valence-corrected chi connectivity index (χ3v) is 25.2. The van der Waals surface area contributed by atoms with Gasteiger partial charge in [-0.05, 0) is 216 Å². The van der Waals surface area contributed by atoms with Crippen LogP contribution in [0.2, 0.25) is 0 Å². The number of anilines is 4. The first-order chi connectivity index (χ1) is 59.3. The molecular weight excluding hydrogens is 1640 g/mol. The van der Waals surface area contributed by atoms with Crippen LogP contribution in [0.3, 0.4) is 0 Å². The molecule has 8 heterocycles. The molecule has 0 bridgehead atoms. The van der Waals surface area contributed by atoms with E-state index >= 15 is 0 Å². The SMILES string of the molecule is CC(C)SC(=O)c1ccc2nc(-c3ccc(F)cc3)c(N3CCOC[C@@H]3C)nc2c1.CCCCSC(=O)c1ccc2nc(-c3ccc(F)cc3)c(N3CCOC[C@@H]3C)nc2c1.CCCSC(=O)c1ccc2nc(-c3ccc(F)cc3)c(N3CCOC[C@@H]3C)nc2c1.C[C@H]1COCCN1c1nc2cc(C(=O)SCC(C)(C)C)ccc2nc1-c1ccc(F)cc1. The molecule has 0 radical (unpaired) electrons. The van der Waals surface area contributed by atoms with Gasteiger partial charge in [-0.25, -0.2) is 57.4 Å². The zero-order valence-electron chi connectivity index (χ0n) is 71.1. The van der Waals surface area contributed by atoms with Crippen molar-refractivity contribution in [1.82, 2.24) is 39.9 Å². The normalized spacial score (nSPS) is 16.8. The van der Waals surface area contributed by atoms with E-state index in [2.05, 4.69) is 81.9 Å². The topological polar surface area (TPSA) is 221 Å². The van der Waals surface area contributed by atoms with Gasteiger partial charge in [-0.2, -0.15) is 0 Å². The van der Waals surface area contributed by atoms with Gasteiger partial charge in [-0.15, -0.1) is 0 Å². The van der Waals surface area contributed by atoms with Gasteiger partial charge in [0.05, 0.1) is 121 Å². The van der Waals surface area contributed by atoms with E-state index in [1.807, 2.05) is 68.4 Å². The van der Waals surface area contributed by atoms with Crippen LogP contribution in [0.4, 0.5) is 40.8 Å². The van der Waals surface area contributed by atoms with Crippen LogP contribution in [0.5, 0.6) is 0 Å². The summed E-state index contributed by atoms with van der Waals surface area (Å²) in [4.78, 5) is 98.2. The van der Waals surface area contributed by atoms with Gasteiger partial charge in [-0.3, -0.25) is 19.2 Å². The third kappa shape index (κ3) is 23.3. The third-order valence-electron chi connectivity index (χ3n) is 20.7. The van der Waals surface area contributed by atoms with E-state index in [9.17, 15) is 36.7 Å². The van der Waals surface area contributed by atoms with E-state index < -0.39 is 0 Å². The Bertz CT molecular complexity index is 5730. The van der Waals surface area contributed by atoms with Gasteiger partial charge in [0.1, 0.15) is 46.0 Å². The van der Waals surface area contributed by atoms with E-state index in [1.54, 1.807) is 66.7 Å². The molecule has 0 N–H and O–H groups in total. The summed E-state index contributed by atoms with van der Waals surface area (Å²) in [6.45, 7) is 30.5. The number of aromatic nitrogens is 8. The number of carbonyl (C=O) groups is 4. The number of carbonyl (C=O) groups excluding carboxylic acids is 4. The first-order valence-corrected chi connectivity index (χ1v) is 45.5. The molecule has 123 heavy (non-hydrogen) atoms. The summed E-state index contributed by atoms with van der Waals surface area (Å²) in [7, 11) is 0. The molecular formula is C95H102F4N12O8S4. The van der Waals surface area contributed by atoms with Crippen molar-refractivity contribution in [2.75, 3.05) is 116 Å². The predicted molar refractivity (Wildman–Crippen MR) is 492 cm³/mol. The molecule has 4 aromatic heterocycles. The molecule has 0 saturated carbocycles. The Morgan fingerprint density at radius 3 is 0.886 bits per heavy atom. The summed E-state index contributed by atoms with van der Waals surface area (Å²) in [6.07, 6.45) is 3.03. The van der Waals surface area contributed by atoms with Crippen LogP contribution in [0.1, 0.15) is 137 Å². The molecule has 0 spiro atoms. The van der Waals surface area contributed by atoms with Crippen LogP contribution in [-0.2, 0) is 18.9 Å². The second-order valence-corrected chi connectivity index (χ2v) is 36.7. The molecule has 642 valence electrons. The second-order valence-electron chi connectivity index (χ2n) is 32.1. The lowest BCUT2D eigenvalue weighted by atomic mass is 10.0. The molecule has 20 nitrogen and oxygen atoms in total. The van der Waals surface area contributed by atoms with E-state index in [0.29, 0.717) is 168 Å².